The quantitative estimate of drug-likeness (QED) is 0.386. The fourth-order valence-corrected chi connectivity index (χ4v) is 5.84. The lowest BCUT2D eigenvalue weighted by molar-refractivity contribution is -0.192. The minimum Gasteiger partial charge on any atom is -0.467 e. The highest BCUT2D eigenvalue weighted by Gasteiger charge is 2.64. The van der Waals surface area contributed by atoms with Gasteiger partial charge < -0.3 is 33.2 Å². The Bertz CT molecular complexity index is 1040. The number of ether oxygens (including phenoxy) is 7. The van der Waals surface area contributed by atoms with Crippen molar-refractivity contribution >= 4 is 5.97 Å². The SMILES string of the molecule is COC(=O)CO[C@@H]1[C@H]2OC(C)(C)O[C@@H]2[C@@H](OCCN(Cc2ccccc2)Cc2ccccc2)[C@@H]2OC(C)(C)O[C@@H]12. The lowest BCUT2D eigenvalue weighted by atomic mass is 9.84. The van der Waals surface area contributed by atoms with E-state index < -0.39 is 54.2 Å². The normalized spacial score (nSPS) is 30.1. The van der Waals surface area contributed by atoms with Crippen LogP contribution in [0.1, 0.15) is 38.8 Å². The van der Waals surface area contributed by atoms with Gasteiger partial charge in [0.2, 0.25) is 0 Å². The Labute approximate surface area is 236 Å². The summed E-state index contributed by atoms with van der Waals surface area (Å²) in [6, 6.07) is 20.9. The van der Waals surface area contributed by atoms with Gasteiger partial charge in [0.25, 0.3) is 0 Å². The number of nitrogens with zero attached hydrogens (tertiary/aromatic N) is 1. The summed E-state index contributed by atoms with van der Waals surface area (Å²) in [5, 5.41) is 0. The van der Waals surface area contributed by atoms with Gasteiger partial charge in [-0.25, -0.2) is 4.79 Å². The molecule has 0 spiro atoms. The Morgan fingerprint density at radius 3 is 1.57 bits per heavy atom. The van der Waals surface area contributed by atoms with E-state index in [-0.39, 0.29) is 6.61 Å². The number of rotatable bonds is 11. The Hall–Kier alpha value is -2.37. The van der Waals surface area contributed by atoms with Gasteiger partial charge in [0.1, 0.15) is 43.2 Å². The van der Waals surface area contributed by atoms with E-state index in [1.165, 1.54) is 18.2 Å². The molecule has 0 aromatic heterocycles. The molecule has 2 aromatic carbocycles. The highest BCUT2D eigenvalue weighted by molar-refractivity contribution is 5.70. The van der Waals surface area contributed by atoms with Gasteiger partial charge in [0.15, 0.2) is 11.6 Å². The van der Waals surface area contributed by atoms with Crippen LogP contribution in [0, 0.1) is 0 Å². The highest BCUT2D eigenvalue weighted by atomic mass is 16.8. The van der Waals surface area contributed by atoms with E-state index in [0.29, 0.717) is 13.2 Å². The van der Waals surface area contributed by atoms with Crippen molar-refractivity contribution in [2.24, 2.45) is 0 Å². The number of carbonyl (C=O) groups excluding carboxylic acids is 1. The second kappa shape index (κ2) is 12.2. The summed E-state index contributed by atoms with van der Waals surface area (Å²) in [6.45, 7) is 9.98. The maximum Gasteiger partial charge on any atom is 0.331 e. The van der Waals surface area contributed by atoms with Gasteiger partial charge in [-0.2, -0.15) is 0 Å². The fraction of sp³-hybridized carbons (Fsp3) is 0.581. The molecule has 2 aromatic rings. The number of carbonyl (C=O) groups is 1. The van der Waals surface area contributed by atoms with Gasteiger partial charge >= 0.3 is 5.97 Å². The summed E-state index contributed by atoms with van der Waals surface area (Å²) >= 11 is 0. The van der Waals surface area contributed by atoms with Crippen LogP contribution in [0.3, 0.4) is 0 Å². The first-order chi connectivity index (χ1) is 19.1. The van der Waals surface area contributed by atoms with Crippen LogP contribution >= 0.6 is 0 Å². The Morgan fingerprint density at radius 2 is 1.15 bits per heavy atom. The van der Waals surface area contributed by atoms with E-state index >= 15 is 0 Å². The third-order valence-corrected chi connectivity index (χ3v) is 7.46. The van der Waals surface area contributed by atoms with Crippen LogP contribution in [0.15, 0.2) is 60.7 Å². The second-order valence-corrected chi connectivity index (χ2v) is 11.5. The standard InChI is InChI=1S/C31H41NO8/c1-30(2)37-26-24(27-29(40-31(3,4)38-27)25(28(26)39-30)36-20-23(33)34-5)35-17-16-32(18-21-12-8-6-9-13-21)19-22-14-10-7-11-15-22/h6-15,24-29H,16-20H2,1-5H3/t24-,25-,26-,27+,28-,29+. The molecule has 5 rings (SSSR count). The van der Waals surface area contributed by atoms with Gasteiger partial charge in [0.05, 0.1) is 13.7 Å². The van der Waals surface area contributed by atoms with E-state index in [2.05, 4.69) is 53.4 Å². The maximum absolute atomic E-state index is 11.9. The minimum atomic E-state index is -0.857. The van der Waals surface area contributed by atoms with E-state index in [1.54, 1.807) is 0 Å². The third kappa shape index (κ3) is 6.91. The predicted octanol–water partition coefficient (Wildman–Crippen LogP) is 3.69. The molecule has 2 aliphatic heterocycles. The molecule has 3 aliphatic rings. The van der Waals surface area contributed by atoms with Crippen molar-refractivity contribution in [3.8, 4) is 0 Å². The van der Waals surface area contributed by atoms with Crippen LogP contribution in [-0.4, -0.2) is 85.9 Å². The number of methoxy groups -OCH3 is 1. The molecule has 2 saturated heterocycles. The molecule has 6 atom stereocenters. The summed E-state index contributed by atoms with van der Waals surface area (Å²) in [7, 11) is 1.33. The largest absolute Gasteiger partial charge is 0.467 e. The van der Waals surface area contributed by atoms with Crippen LogP contribution in [-0.2, 0) is 51.0 Å². The first-order valence-corrected chi connectivity index (χ1v) is 14.0. The summed E-state index contributed by atoms with van der Waals surface area (Å²) in [5.74, 6) is -2.19. The number of hydrogen-bond donors (Lipinski definition) is 0. The van der Waals surface area contributed by atoms with Crippen molar-refractivity contribution in [3.63, 3.8) is 0 Å². The minimum absolute atomic E-state index is 0.222. The number of benzene rings is 2. The zero-order valence-electron chi connectivity index (χ0n) is 24.0. The van der Waals surface area contributed by atoms with Gasteiger partial charge in [-0.3, -0.25) is 4.90 Å². The van der Waals surface area contributed by atoms with Crippen molar-refractivity contribution in [3.05, 3.63) is 71.8 Å². The van der Waals surface area contributed by atoms with Crippen LogP contribution in [0.2, 0.25) is 0 Å². The summed E-state index contributed by atoms with van der Waals surface area (Å²) in [5.41, 5.74) is 2.48. The first-order valence-electron chi connectivity index (χ1n) is 14.0. The van der Waals surface area contributed by atoms with Crippen LogP contribution in [0.5, 0.6) is 0 Å². The molecule has 0 bridgehead atoms. The zero-order chi connectivity index (χ0) is 28.3. The number of esters is 1. The maximum atomic E-state index is 11.9. The molecule has 1 saturated carbocycles. The Balaban J connectivity index is 1.32. The molecule has 0 N–H and O–H groups in total. The van der Waals surface area contributed by atoms with E-state index in [4.69, 9.17) is 33.2 Å². The second-order valence-electron chi connectivity index (χ2n) is 11.5. The fourth-order valence-electron chi connectivity index (χ4n) is 5.84. The molecule has 9 nitrogen and oxygen atoms in total. The molecule has 3 fully saturated rings. The van der Waals surface area contributed by atoms with Gasteiger partial charge in [-0.1, -0.05) is 60.7 Å². The molecule has 2 heterocycles. The molecule has 1 aliphatic carbocycles. The van der Waals surface area contributed by atoms with Crippen molar-refractivity contribution in [2.45, 2.75) is 89.0 Å². The summed E-state index contributed by atoms with van der Waals surface area (Å²) < 4.78 is 42.7. The third-order valence-electron chi connectivity index (χ3n) is 7.46. The summed E-state index contributed by atoms with van der Waals surface area (Å²) in [4.78, 5) is 14.3. The molecule has 0 amide bonds. The van der Waals surface area contributed by atoms with Crippen molar-refractivity contribution in [1.29, 1.82) is 0 Å². The van der Waals surface area contributed by atoms with E-state index in [9.17, 15) is 4.79 Å². The van der Waals surface area contributed by atoms with Crippen LogP contribution in [0.4, 0.5) is 0 Å². The molecule has 0 unspecified atom stereocenters. The van der Waals surface area contributed by atoms with E-state index in [0.717, 1.165) is 13.1 Å². The average molecular weight is 556 g/mol. The first kappa shape index (κ1) is 29.1. The molecular weight excluding hydrogens is 514 g/mol. The molecule has 9 heteroatoms. The van der Waals surface area contributed by atoms with Crippen molar-refractivity contribution in [2.75, 3.05) is 26.9 Å². The molecular formula is C31H41NO8. The highest BCUT2D eigenvalue weighted by Crippen LogP contribution is 2.46. The Kier molecular flexibility index (Phi) is 8.92. The van der Waals surface area contributed by atoms with Gasteiger partial charge in [0, 0.05) is 19.6 Å². The van der Waals surface area contributed by atoms with E-state index in [1.807, 2.05) is 39.8 Å². The molecule has 218 valence electrons. The molecule has 0 radical (unpaired) electrons. The lowest BCUT2D eigenvalue weighted by Crippen LogP contribution is -2.63. The predicted molar refractivity (Wildman–Crippen MR) is 146 cm³/mol. The lowest BCUT2D eigenvalue weighted by Gasteiger charge is -2.42. The van der Waals surface area contributed by atoms with Gasteiger partial charge in [-0.05, 0) is 38.8 Å². The average Bonchev–Trinajstić information content (AvgIpc) is 3.42. The number of fused-ring (bicyclic) bond motifs is 2. The molecule has 40 heavy (non-hydrogen) atoms. The topological polar surface area (TPSA) is 84.9 Å². The van der Waals surface area contributed by atoms with Crippen molar-refractivity contribution in [1.82, 2.24) is 4.90 Å². The monoisotopic (exact) mass is 555 g/mol. The van der Waals surface area contributed by atoms with Crippen LogP contribution < -0.4 is 0 Å². The zero-order valence-corrected chi connectivity index (χ0v) is 24.0. The Morgan fingerprint density at radius 1 is 0.725 bits per heavy atom. The number of hydrogen-bond acceptors (Lipinski definition) is 9. The van der Waals surface area contributed by atoms with Crippen LogP contribution in [0.25, 0.3) is 0 Å². The smallest absolute Gasteiger partial charge is 0.331 e. The van der Waals surface area contributed by atoms with Gasteiger partial charge in [-0.15, -0.1) is 0 Å². The summed E-state index contributed by atoms with van der Waals surface area (Å²) in [6.07, 6.45) is -2.99. The van der Waals surface area contributed by atoms with Crippen molar-refractivity contribution < 1.29 is 38.0 Å².